The lowest BCUT2D eigenvalue weighted by Crippen LogP contribution is -2.10. The molecular weight excluding hydrogens is 797 g/mol. The molecule has 12 aromatic carbocycles. The van der Waals surface area contributed by atoms with Gasteiger partial charge in [-0.2, -0.15) is 0 Å². The fourth-order valence-electron chi connectivity index (χ4n) is 9.73. The van der Waals surface area contributed by atoms with Crippen molar-refractivity contribution in [3.05, 3.63) is 267 Å². The van der Waals surface area contributed by atoms with Crippen LogP contribution in [0, 0.1) is 0 Å². The molecule has 0 radical (unpaired) electrons. The first-order valence-corrected chi connectivity index (χ1v) is 22.7. The van der Waals surface area contributed by atoms with E-state index in [9.17, 15) is 0 Å². The lowest BCUT2D eigenvalue weighted by Gasteiger charge is -2.27. The first kappa shape index (κ1) is 38.9. The average molecular weight is 841 g/mol. The van der Waals surface area contributed by atoms with Crippen molar-refractivity contribution in [2.24, 2.45) is 0 Å². The summed E-state index contributed by atoms with van der Waals surface area (Å²) in [5.41, 5.74) is 13.8. The topological polar surface area (TPSA) is 6.48 Å². The molecule has 0 aromatic heterocycles. The summed E-state index contributed by atoms with van der Waals surface area (Å²) in [6.07, 6.45) is 0. The second kappa shape index (κ2) is 16.8. The summed E-state index contributed by atoms with van der Waals surface area (Å²) < 4.78 is 0. The highest BCUT2D eigenvalue weighted by Gasteiger charge is 2.18. The van der Waals surface area contributed by atoms with Crippen LogP contribution in [0.5, 0.6) is 0 Å². The van der Waals surface area contributed by atoms with Crippen LogP contribution >= 0.6 is 0 Å². The van der Waals surface area contributed by atoms with Crippen LogP contribution in [0.25, 0.3) is 76.5 Å². The lowest BCUT2D eigenvalue weighted by molar-refractivity contribution is 1.28. The Morgan fingerprint density at radius 1 is 0.197 bits per heavy atom. The fraction of sp³-hybridized carbons (Fsp3) is 0. The van der Waals surface area contributed by atoms with Crippen LogP contribution in [0.3, 0.4) is 0 Å². The molecule has 0 saturated carbocycles. The van der Waals surface area contributed by atoms with Gasteiger partial charge in [0.05, 0.1) is 5.69 Å². The van der Waals surface area contributed by atoms with Crippen molar-refractivity contribution in [1.29, 1.82) is 0 Å². The summed E-state index contributed by atoms with van der Waals surface area (Å²) in [5, 5.41) is 9.87. The standard InChI is InChI=1S/C64H44N2/c1-2-16-53-44-58(43-30-45(53)12-1)66(64-25-11-19-50-15-5-8-22-63(50)64)57-37-28-47(29-38-57)46-26-35-54(36-27-46)65(55-39-31-51(32-40-55)61-23-9-17-48-13-3-6-20-59(48)61)56-41-33-52(34-42-56)62-24-10-18-49-14-4-7-21-60(49)62/h1-44H. The maximum atomic E-state index is 2.39. The summed E-state index contributed by atoms with van der Waals surface area (Å²) in [5.74, 6) is 0. The second-order valence-corrected chi connectivity index (χ2v) is 16.9. The van der Waals surface area contributed by atoms with Crippen molar-refractivity contribution in [3.8, 4) is 33.4 Å². The van der Waals surface area contributed by atoms with E-state index in [0.717, 1.165) is 45.3 Å². The molecule has 310 valence electrons. The van der Waals surface area contributed by atoms with E-state index in [0.29, 0.717) is 0 Å². The Morgan fingerprint density at radius 2 is 0.545 bits per heavy atom. The van der Waals surface area contributed by atoms with Gasteiger partial charge in [-0.25, -0.2) is 0 Å². The van der Waals surface area contributed by atoms with Crippen LogP contribution < -0.4 is 9.80 Å². The van der Waals surface area contributed by atoms with Gasteiger partial charge in [-0.3, -0.25) is 0 Å². The fourth-order valence-corrected chi connectivity index (χ4v) is 9.73. The van der Waals surface area contributed by atoms with Gasteiger partial charge in [0.1, 0.15) is 0 Å². The maximum Gasteiger partial charge on any atom is 0.0540 e. The third kappa shape index (κ3) is 7.21. The van der Waals surface area contributed by atoms with E-state index in [4.69, 9.17) is 0 Å². The molecule has 0 N–H and O–H groups in total. The molecule has 2 heteroatoms. The van der Waals surface area contributed by atoms with E-state index in [2.05, 4.69) is 277 Å². The monoisotopic (exact) mass is 840 g/mol. The van der Waals surface area contributed by atoms with Gasteiger partial charge >= 0.3 is 0 Å². The highest BCUT2D eigenvalue weighted by Crippen LogP contribution is 2.42. The van der Waals surface area contributed by atoms with Crippen molar-refractivity contribution in [2.75, 3.05) is 9.80 Å². The highest BCUT2D eigenvalue weighted by atomic mass is 15.1. The molecule has 0 spiro atoms. The summed E-state index contributed by atoms with van der Waals surface area (Å²) in [4.78, 5) is 4.74. The maximum absolute atomic E-state index is 2.39. The van der Waals surface area contributed by atoms with Crippen molar-refractivity contribution in [1.82, 2.24) is 0 Å². The quantitative estimate of drug-likeness (QED) is 0.143. The molecule has 66 heavy (non-hydrogen) atoms. The number of benzene rings is 12. The Morgan fingerprint density at radius 3 is 1.05 bits per heavy atom. The van der Waals surface area contributed by atoms with E-state index in [1.165, 1.54) is 65.3 Å². The van der Waals surface area contributed by atoms with Gasteiger partial charge in [0, 0.05) is 33.8 Å². The minimum Gasteiger partial charge on any atom is -0.311 e. The lowest BCUT2D eigenvalue weighted by atomic mass is 9.97. The Labute approximate surface area is 385 Å². The van der Waals surface area contributed by atoms with Gasteiger partial charge in [-0.1, -0.05) is 200 Å². The molecule has 2 nitrogen and oxygen atoms in total. The van der Waals surface area contributed by atoms with Crippen LogP contribution in [0.15, 0.2) is 267 Å². The Bertz CT molecular complexity index is 3550. The molecule has 0 fully saturated rings. The molecular formula is C64H44N2. The minimum atomic E-state index is 1.09. The van der Waals surface area contributed by atoms with Crippen LogP contribution in [-0.4, -0.2) is 0 Å². The predicted octanol–water partition coefficient (Wildman–Crippen LogP) is 18.2. The van der Waals surface area contributed by atoms with Gasteiger partial charge in [0.15, 0.2) is 0 Å². The Hall–Kier alpha value is -8.72. The molecule has 0 unspecified atom stereocenters. The Kier molecular flexibility index (Phi) is 9.89. The number of hydrogen-bond acceptors (Lipinski definition) is 2. The zero-order chi connectivity index (χ0) is 43.8. The minimum absolute atomic E-state index is 1.09. The summed E-state index contributed by atoms with van der Waals surface area (Å²) in [7, 11) is 0. The summed E-state index contributed by atoms with van der Waals surface area (Å²) in [6, 6.07) is 96.9. The van der Waals surface area contributed by atoms with Crippen molar-refractivity contribution in [2.45, 2.75) is 0 Å². The molecule has 0 aliphatic carbocycles. The smallest absolute Gasteiger partial charge is 0.0540 e. The SMILES string of the molecule is c1ccc2cc(N(c3ccc(-c4ccc(N(c5ccc(-c6cccc7ccccc67)cc5)c5ccc(-c6cccc7ccccc67)cc5)cc4)cc3)c3cccc4ccccc34)ccc2c1. The molecule has 0 saturated heterocycles. The third-order valence-corrected chi connectivity index (χ3v) is 13.0. The van der Waals surface area contributed by atoms with Gasteiger partial charge in [0.25, 0.3) is 0 Å². The first-order chi connectivity index (χ1) is 32.7. The molecule has 0 aliphatic heterocycles. The Balaban J connectivity index is 0.902. The van der Waals surface area contributed by atoms with E-state index in [1.54, 1.807) is 0 Å². The molecule has 0 bridgehead atoms. The first-order valence-electron chi connectivity index (χ1n) is 22.7. The number of rotatable bonds is 9. The van der Waals surface area contributed by atoms with Gasteiger partial charge < -0.3 is 9.80 Å². The molecule has 0 amide bonds. The number of anilines is 6. The van der Waals surface area contributed by atoms with Crippen LogP contribution in [0.2, 0.25) is 0 Å². The average Bonchev–Trinajstić information content (AvgIpc) is 3.39. The highest BCUT2D eigenvalue weighted by molar-refractivity contribution is 6.01. The van der Waals surface area contributed by atoms with Crippen LogP contribution in [0.1, 0.15) is 0 Å². The van der Waals surface area contributed by atoms with Gasteiger partial charge in [0.2, 0.25) is 0 Å². The molecule has 12 rings (SSSR count). The van der Waals surface area contributed by atoms with E-state index in [-0.39, 0.29) is 0 Å². The molecule has 0 atom stereocenters. The normalized spacial score (nSPS) is 11.3. The van der Waals surface area contributed by atoms with Crippen molar-refractivity contribution < 1.29 is 0 Å². The number of fused-ring (bicyclic) bond motifs is 4. The zero-order valence-electron chi connectivity index (χ0n) is 36.3. The molecule has 0 aliphatic rings. The van der Waals surface area contributed by atoms with Crippen LogP contribution in [-0.2, 0) is 0 Å². The van der Waals surface area contributed by atoms with E-state index >= 15 is 0 Å². The van der Waals surface area contributed by atoms with Crippen molar-refractivity contribution in [3.63, 3.8) is 0 Å². The number of nitrogens with zero attached hydrogens (tertiary/aromatic N) is 2. The predicted molar refractivity (Wildman–Crippen MR) is 282 cm³/mol. The molecule has 0 heterocycles. The number of hydrogen-bond donors (Lipinski definition) is 0. The second-order valence-electron chi connectivity index (χ2n) is 16.9. The van der Waals surface area contributed by atoms with E-state index in [1.807, 2.05) is 0 Å². The summed E-state index contributed by atoms with van der Waals surface area (Å²) >= 11 is 0. The zero-order valence-corrected chi connectivity index (χ0v) is 36.3. The van der Waals surface area contributed by atoms with Gasteiger partial charge in [-0.05, 0) is 138 Å². The molecule has 12 aromatic rings. The van der Waals surface area contributed by atoms with Crippen molar-refractivity contribution >= 4 is 77.2 Å². The van der Waals surface area contributed by atoms with E-state index < -0.39 is 0 Å². The van der Waals surface area contributed by atoms with Gasteiger partial charge in [-0.15, -0.1) is 0 Å². The third-order valence-electron chi connectivity index (χ3n) is 13.0. The van der Waals surface area contributed by atoms with Crippen LogP contribution in [0.4, 0.5) is 34.1 Å². The summed E-state index contributed by atoms with van der Waals surface area (Å²) in [6.45, 7) is 0. The largest absolute Gasteiger partial charge is 0.311 e.